The van der Waals surface area contributed by atoms with Crippen LogP contribution in [0.3, 0.4) is 0 Å². The minimum atomic E-state index is -3.71. The predicted octanol–water partition coefficient (Wildman–Crippen LogP) is 3.16. The summed E-state index contributed by atoms with van der Waals surface area (Å²) < 4.78 is 32.3. The lowest BCUT2D eigenvalue weighted by Crippen LogP contribution is -2.40. The molecule has 1 aliphatic rings. The van der Waals surface area contributed by atoms with Crippen LogP contribution >= 0.6 is 11.6 Å². The average molecular weight is 423 g/mol. The SMILES string of the molecule is Cc1ccc([C@H](C)NC(=O)c2cc(S(=O)(=O)N3CCOCC3)ccc2Cl)cc1. The van der Waals surface area contributed by atoms with Crippen molar-refractivity contribution in [3.05, 3.63) is 64.2 Å². The monoisotopic (exact) mass is 422 g/mol. The molecule has 2 aromatic rings. The maximum atomic E-state index is 12.8. The van der Waals surface area contributed by atoms with E-state index in [9.17, 15) is 13.2 Å². The molecule has 0 radical (unpaired) electrons. The molecule has 1 atom stereocenters. The number of halogens is 1. The number of rotatable bonds is 5. The fourth-order valence-electron chi connectivity index (χ4n) is 2.99. The molecule has 1 aliphatic heterocycles. The molecule has 0 spiro atoms. The third-order valence-corrected chi connectivity index (χ3v) is 6.94. The Labute approximate surface area is 170 Å². The molecule has 28 heavy (non-hydrogen) atoms. The van der Waals surface area contributed by atoms with Crippen LogP contribution in [0.15, 0.2) is 47.4 Å². The fourth-order valence-corrected chi connectivity index (χ4v) is 4.63. The summed E-state index contributed by atoms with van der Waals surface area (Å²) in [7, 11) is -3.71. The molecular weight excluding hydrogens is 400 g/mol. The summed E-state index contributed by atoms with van der Waals surface area (Å²) in [6.07, 6.45) is 0. The first kappa shape index (κ1) is 20.8. The number of benzene rings is 2. The summed E-state index contributed by atoms with van der Waals surface area (Å²) in [5, 5.41) is 3.08. The van der Waals surface area contributed by atoms with Gasteiger partial charge in [0.1, 0.15) is 0 Å². The Kier molecular flexibility index (Phi) is 6.40. The van der Waals surface area contributed by atoms with Crippen molar-refractivity contribution in [3.63, 3.8) is 0 Å². The molecule has 1 heterocycles. The van der Waals surface area contributed by atoms with Crippen molar-refractivity contribution in [2.45, 2.75) is 24.8 Å². The lowest BCUT2D eigenvalue weighted by Gasteiger charge is -2.26. The first-order valence-corrected chi connectivity index (χ1v) is 10.9. The van der Waals surface area contributed by atoms with Gasteiger partial charge in [-0.2, -0.15) is 4.31 Å². The standard InChI is InChI=1S/C20H23ClN2O4S/c1-14-3-5-16(6-4-14)15(2)22-20(24)18-13-17(7-8-19(18)21)28(25,26)23-9-11-27-12-10-23/h3-8,13,15H,9-12H2,1-2H3,(H,22,24)/t15-/m0/s1. The molecule has 6 nitrogen and oxygen atoms in total. The number of sulfonamides is 1. The number of hydrogen-bond donors (Lipinski definition) is 1. The highest BCUT2D eigenvalue weighted by Gasteiger charge is 2.27. The van der Waals surface area contributed by atoms with Crippen LogP contribution in [0.1, 0.15) is 34.5 Å². The van der Waals surface area contributed by atoms with E-state index in [0.717, 1.165) is 11.1 Å². The maximum Gasteiger partial charge on any atom is 0.253 e. The van der Waals surface area contributed by atoms with E-state index in [4.69, 9.17) is 16.3 Å². The van der Waals surface area contributed by atoms with Crippen molar-refractivity contribution in [2.24, 2.45) is 0 Å². The lowest BCUT2D eigenvalue weighted by molar-refractivity contribution is 0.0730. The van der Waals surface area contributed by atoms with Gasteiger partial charge in [-0.3, -0.25) is 4.79 Å². The molecule has 1 saturated heterocycles. The molecule has 8 heteroatoms. The van der Waals surface area contributed by atoms with Gasteiger partial charge >= 0.3 is 0 Å². The van der Waals surface area contributed by atoms with Crippen molar-refractivity contribution in [1.82, 2.24) is 9.62 Å². The minimum absolute atomic E-state index is 0.0481. The van der Waals surface area contributed by atoms with Gasteiger partial charge in [0.05, 0.1) is 34.7 Å². The van der Waals surface area contributed by atoms with Crippen molar-refractivity contribution in [2.75, 3.05) is 26.3 Å². The Morgan fingerprint density at radius 2 is 1.79 bits per heavy atom. The molecule has 0 aliphatic carbocycles. The van der Waals surface area contributed by atoms with Crippen molar-refractivity contribution < 1.29 is 17.9 Å². The smallest absolute Gasteiger partial charge is 0.253 e. The van der Waals surface area contributed by atoms with Gasteiger partial charge in [-0.1, -0.05) is 41.4 Å². The number of amides is 1. The number of carbonyl (C=O) groups excluding carboxylic acids is 1. The number of nitrogens with one attached hydrogen (secondary N) is 1. The quantitative estimate of drug-likeness (QED) is 0.803. The molecular formula is C20H23ClN2O4S. The summed E-state index contributed by atoms with van der Waals surface area (Å²) in [5.74, 6) is -0.419. The van der Waals surface area contributed by atoms with Crippen LogP contribution in [0.25, 0.3) is 0 Å². The topological polar surface area (TPSA) is 75.7 Å². The normalized spacial score (nSPS) is 16.5. The summed E-state index contributed by atoms with van der Waals surface area (Å²) in [6.45, 7) is 5.15. The van der Waals surface area contributed by atoms with Gasteiger partial charge < -0.3 is 10.1 Å². The summed E-state index contributed by atoms with van der Waals surface area (Å²) in [6, 6.07) is 11.8. The molecule has 1 fully saturated rings. The van der Waals surface area contributed by atoms with Crippen LogP contribution in [0.2, 0.25) is 5.02 Å². The second-order valence-corrected chi connectivity index (χ2v) is 9.11. The number of morpholine rings is 1. The summed E-state index contributed by atoms with van der Waals surface area (Å²) in [5.41, 5.74) is 2.22. The average Bonchev–Trinajstić information content (AvgIpc) is 2.69. The van der Waals surface area contributed by atoms with E-state index < -0.39 is 15.9 Å². The van der Waals surface area contributed by atoms with Crippen LogP contribution in [0, 0.1) is 6.92 Å². The molecule has 1 amide bonds. The zero-order valence-electron chi connectivity index (χ0n) is 15.8. The molecule has 150 valence electrons. The van der Waals surface area contributed by atoms with E-state index in [0.29, 0.717) is 13.2 Å². The van der Waals surface area contributed by atoms with Crippen molar-refractivity contribution in [3.8, 4) is 0 Å². The Morgan fingerprint density at radius 1 is 1.14 bits per heavy atom. The second kappa shape index (κ2) is 8.61. The van der Waals surface area contributed by atoms with E-state index in [1.54, 1.807) is 0 Å². The van der Waals surface area contributed by atoms with E-state index in [1.165, 1.54) is 22.5 Å². The van der Waals surface area contributed by atoms with Gasteiger partial charge in [0.2, 0.25) is 10.0 Å². The van der Waals surface area contributed by atoms with Gasteiger partial charge in [0.15, 0.2) is 0 Å². The number of nitrogens with zero attached hydrogens (tertiary/aromatic N) is 1. The molecule has 0 unspecified atom stereocenters. The highest BCUT2D eigenvalue weighted by atomic mass is 35.5. The lowest BCUT2D eigenvalue weighted by atomic mass is 10.1. The van der Waals surface area contributed by atoms with Crippen molar-refractivity contribution in [1.29, 1.82) is 0 Å². The number of carbonyl (C=O) groups is 1. The van der Waals surface area contributed by atoms with E-state index in [-0.39, 0.29) is 34.6 Å². The highest BCUT2D eigenvalue weighted by molar-refractivity contribution is 7.89. The van der Waals surface area contributed by atoms with E-state index in [2.05, 4.69) is 5.32 Å². The Hall–Kier alpha value is -1.93. The summed E-state index contributed by atoms with van der Waals surface area (Å²) >= 11 is 6.19. The van der Waals surface area contributed by atoms with Crippen LogP contribution < -0.4 is 5.32 Å². The number of hydrogen-bond acceptors (Lipinski definition) is 4. The Bertz CT molecular complexity index is 955. The van der Waals surface area contributed by atoms with Gasteiger partial charge in [0, 0.05) is 13.1 Å². The minimum Gasteiger partial charge on any atom is -0.379 e. The number of ether oxygens (including phenoxy) is 1. The Morgan fingerprint density at radius 3 is 2.43 bits per heavy atom. The van der Waals surface area contributed by atoms with Crippen molar-refractivity contribution >= 4 is 27.5 Å². The zero-order valence-corrected chi connectivity index (χ0v) is 17.4. The molecule has 0 aromatic heterocycles. The maximum absolute atomic E-state index is 12.8. The third kappa shape index (κ3) is 4.55. The van der Waals surface area contributed by atoms with Gasteiger partial charge in [-0.05, 0) is 37.6 Å². The molecule has 1 N–H and O–H groups in total. The first-order valence-electron chi connectivity index (χ1n) is 9.04. The fraction of sp³-hybridized carbons (Fsp3) is 0.350. The highest BCUT2D eigenvalue weighted by Crippen LogP contribution is 2.24. The van der Waals surface area contributed by atoms with Crippen LogP contribution in [0.5, 0.6) is 0 Å². The molecule has 2 aromatic carbocycles. The molecule has 0 saturated carbocycles. The van der Waals surface area contributed by atoms with Crippen LogP contribution in [0.4, 0.5) is 0 Å². The van der Waals surface area contributed by atoms with Gasteiger partial charge in [-0.25, -0.2) is 8.42 Å². The van der Waals surface area contributed by atoms with E-state index in [1.807, 2.05) is 38.1 Å². The van der Waals surface area contributed by atoms with Crippen LogP contribution in [-0.2, 0) is 14.8 Å². The Balaban J connectivity index is 1.82. The van der Waals surface area contributed by atoms with Gasteiger partial charge in [0.25, 0.3) is 5.91 Å². The largest absolute Gasteiger partial charge is 0.379 e. The zero-order chi connectivity index (χ0) is 20.3. The second-order valence-electron chi connectivity index (χ2n) is 6.76. The number of aryl methyl sites for hydroxylation is 1. The predicted molar refractivity (Wildman–Crippen MR) is 108 cm³/mol. The molecule has 3 rings (SSSR count). The van der Waals surface area contributed by atoms with Crippen LogP contribution in [-0.4, -0.2) is 44.9 Å². The first-order chi connectivity index (χ1) is 13.3. The summed E-state index contributed by atoms with van der Waals surface area (Å²) in [4.78, 5) is 12.8. The third-order valence-electron chi connectivity index (χ3n) is 4.72. The van der Waals surface area contributed by atoms with E-state index >= 15 is 0 Å². The van der Waals surface area contributed by atoms with Gasteiger partial charge in [-0.15, -0.1) is 0 Å². The molecule has 0 bridgehead atoms.